The van der Waals surface area contributed by atoms with Crippen molar-refractivity contribution in [1.29, 1.82) is 0 Å². The highest BCUT2D eigenvalue weighted by Gasteiger charge is 2.06. The monoisotopic (exact) mass is 329 g/mol. The fourth-order valence-corrected chi connectivity index (χ4v) is 0.438. The highest BCUT2D eigenvalue weighted by Crippen LogP contribution is 1.93. The van der Waals surface area contributed by atoms with E-state index in [-0.39, 0.29) is 18.7 Å². The smallest absolute Gasteiger partial charge is 0.354 e. The molecule has 0 aromatic heterocycles. The number of esters is 1. The molecular formula is C15H23NO7. The van der Waals surface area contributed by atoms with E-state index in [0.717, 1.165) is 12.2 Å². The first-order valence-electron chi connectivity index (χ1n) is 6.25. The minimum absolute atomic E-state index is 0.235. The van der Waals surface area contributed by atoms with Crippen molar-refractivity contribution in [2.24, 2.45) is 0 Å². The molecule has 0 aromatic rings. The molecule has 8 heteroatoms. The SMILES string of the molecule is C=C(C)C(=O)ON(O)CC.C=CC(=O)O.C=CCOC(=O)C=C. The Morgan fingerprint density at radius 1 is 1.17 bits per heavy atom. The summed E-state index contributed by atoms with van der Waals surface area (Å²) in [6, 6.07) is 0. The number of hydrogen-bond acceptors (Lipinski definition) is 7. The molecule has 2 N–H and O–H groups in total. The van der Waals surface area contributed by atoms with Gasteiger partial charge in [0.15, 0.2) is 0 Å². The number of rotatable bonds is 7. The maximum absolute atomic E-state index is 10.6. The fraction of sp³-hybridized carbons (Fsp3) is 0.267. The predicted molar refractivity (Wildman–Crippen MR) is 84.3 cm³/mol. The lowest BCUT2D eigenvalue weighted by atomic mass is 10.4. The van der Waals surface area contributed by atoms with E-state index in [1.165, 1.54) is 13.0 Å². The van der Waals surface area contributed by atoms with Crippen molar-refractivity contribution in [2.45, 2.75) is 13.8 Å². The summed E-state index contributed by atoms with van der Waals surface area (Å²) < 4.78 is 4.47. The van der Waals surface area contributed by atoms with E-state index >= 15 is 0 Å². The van der Waals surface area contributed by atoms with Gasteiger partial charge in [-0.15, -0.1) is 0 Å². The molecule has 0 aliphatic rings. The van der Waals surface area contributed by atoms with E-state index < -0.39 is 17.9 Å². The number of carbonyl (C=O) groups is 3. The number of nitrogens with zero attached hydrogens (tertiary/aromatic N) is 1. The molecule has 0 atom stereocenters. The van der Waals surface area contributed by atoms with E-state index in [1.54, 1.807) is 6.92 Å². The molecule has 0 radical (unpaired) electrons. The summed E-state index contributed by atoms with van der Waals surface area (Å²) in [5.41, 5.74) is 0.257. The molecule has 0 aliphatic carbocycles. The van der Waals surface area contributed by atoms with E-state index in [1.807, 2.05) is 0 Å². The van der Waals surface area contributed by atoms with Gasteiger partial charge in [0.2, 0.25) is 0 Å². The Morgan fingerprint density at radius 3 is 1.91 bits per heavy atom. The zero-order chi connectivity index (χ0) is 18.8. The lowest BCUT2D eigenvalue weighted by Crippen LogP contribution is -2.23. The van der Waals surface area contributed by atoms with Gasteiger partial charge in [-0.05, 0) is 19.1 Å². The lowest BCUT2D eigenvalue weighted by Gasteiger charge is -2.10. The quantitative estimate of drug-likeness (QED) is 0.315. The van der Waals surface area contributed by atoms with Crippen molar-refractivity contribution in [2.75, 3.05) is 13.2 Å². The summed E-state index contributed by atoms with van der Waals surface area (Å²) in [6.45, 7) is 16.5. The molecule has 0 unspecified atom stereocenters. The Kier molecular flexibility index (Phi) is 19.0. The van der Waals surface area contributed by atoms with Crippen molar-refractivity contribution < 1.29 is 34.3 Å². The van der Waals surface area contributed by atoms with E-state index in [2.05, 4.69) is 35.9 Å². The summed E-state index contributed by atoms with van der Waals surface area (Å²) in [5.74, 6) is -2.01. The fourth-order valence-electron chi connectivity index (χ4n) is 0.438. The highest BCUT2D eigenvalue weighted by molar-refractivity contribution is 5.86. The number of carboxylic acids is 1. The van der Waals surface area contributed by atoms with Crippen molar-refractivity contribution >= 4 is 17.9 Å². The molecule has 0 fully saturated rings. The van der Waals surface area contributed by atoms with E-state index in [9.17, 15) is 14.4 Å². The molecule has 0 bridgehead atoms. The second-order valence-corrected chi connectivity index (χ2v) is 3.49. The Hall–Kier alpha value is -2.71. The number of carbonyl (C=O) groups excluding carboxylic acids is 2. The minimum atomic E-state index is -0.981. The zero-order valence-electron chi connectivity index (χ0n) is 13.4. The summed E-state index contributed by atoms with van der Waals surface area (Å²) in [7, 11) is 0. The molecule has 0 saturated heterocycles. The van der Waals surface area contributed by atoms with Gasteiger partial charge in [-0.25, -0.2) is 14.4 Å². The van der Waals surface area contributed by atoms with Crippen LogP contribution >= 0.6 is 0 Å². The van der Waals surface area contributed by atoms with Gasteiger partial charge in [0.05, 0.1) is 6.54 Å². The third-order valence-electron chi connectivity index (χ3n) is 1.49. The molecule has 0 rings (SSSR count). The predicted octanol–water partition coefficient (Wildman–Crippen LogP) is 1.89. The molecule has 0 spiro atoms. The zero-order valence-corrected chi connectivity index (χ0v) is 13.4. The first-order chi connectivity index (χ1) is 10.7. The van der Waals surface area contributed by atoms with Crippen molar-refractivity contribution in [3.8, 4) is 0 Å². The standard InChI is InChI=1S/C6H11NO3.C6H8O2.C3H4O2/c1-4-7(9)10-6(8)5(2)3;1-3-5-8-6(7)4-2;1-2-3(4)5/h9H,2,4H2,1,3H3;3-4H,1-2,5H2;2H,1H2,(H,4,5). The molecule has 0 heterocycles. The van der Waals surface area contributed by atoms with Crippen LogP contribution in [0.25, 0.3) is 0 Å². The topological polar surface area (TPSA) is 113 Å². The molecule has 23 heavy (non-hydrogen) atoms. The third kappa shape index (κ3) is 24.7. The molecule has 0 aromatic carbocycles. The van der Waals surface area contributed by atoms with Crippen LogP contribution in [0.1, 0.15) is 13.8 Å². The van der Waals surface area contributed by atoms with Crippen LogP contribution in [0.5, 0.6) is 0 Å². The lowest BCUT2D eigenvalue weighted by molar-refractivity contribution is -0.312. The average Bonchev–Trinajstić information content (AvgIpc) is 2.53. The van der Waals surface area contributed by atoms with Crippen molar-refractivity contribution in [3.05, 3.63) is 50.1 Å². The van der Waals surface area contributed by atoms with Crippen molar-refractivity contribution in [1.82, 2.24) is 5.23 Å². The number of carboxylic acid groups (broad SMARTS) is 1. The summed E-state index contributed by atoms with van der Waals surface area (Å²) >= 11 is 0. The van der Waals surface area contributed by atoms with Crippen LogP contribution in [0, 0.1) is 0 Å². The first-order valence-corrected chi connectivity index (χ1v) is 6.25. The maximum Gasteiger partial charge on any atom is 0.354 e. The largest absolute Gasteiger partial charge is 0.478 e. The Bertz CT molecular complexity index is 430. The van der Waals surface area contributed by atoms with Gasteiger partial charge in [0.1, 0.15) is 6.61 Å². The highest BCUT2D eigenvalue weighted by atomic mass is 16.9. The molecule has 0 saturated carbocycles. The maximum atomic E-state index is 10.6. The average molecular weight is 329 g/mol. The van der Waals surface area contributed by atoms with Gasteiger partial charge in [-0.1, -0.05) is 32.4 Å². The van der Waals surface area contributed by atoms with Crippen LogP contribution in [0.4, 0.5) is 0 Å². The van der Waals surface area contributed by atoms with Crippen LogP contribution in [-0.4, -0.2) is 46.6 Å². The van der Waals surface area contributed by atoms with E-state index in [4.69, 9.17) is 10.3 Å². The summed E-state index contributed by atoms with van der Waals surface area (Å²) in [4.78, 5) is 34.3. The molecule has 8 nitrogen and oxygen atoms in total. The Labute approximate surface area is 135 Å². The van der Waals surface area contributed by atoms with Gasteiger partial charge >= 0.3 is 17.9 Å². The first kappa shape index (κ1) is 25.3. The van der Waals surface area contributed by atoms with Crippen LogP contribution in [0.2, 0.25) is 0 Å². The van der Waals surface area contributed by atoms with Crippen LogP contribution in [0.3, 0.4) is 0 Å². The second-order valence-electron chi connectivity index (χ2n) is 3.49. The molecule has 0 amide bonds. The Morgan fingerprint density at radius 2 is 1.65 bits per heavy atom. The Balaban J connectivity index is -0.000000276. The number of ether oxygens (including phenoxy) is 1. The van der Waals surface area contributed by atoms with Gasteiger partial charge < -0.3 is 14.7 Å². The number of hydroxylamine groups is 2. The second kappa shape index (κ2) is 17.3. The van der Waals surface area contributed by atoms with Gasteiger partial charge in [-0.2, -0.15) is 0 Å². The number of aliphatic carboxylic acids is 1. The number of hydrogen-bond donors (Lipinski definition) is 2. The van der Waals surface area contributed by atoms with Crippen LogP contribution in [-0.2, 0) is 24.0 Å². The van der Waals surface area contributed by atoms with Gasteiger partial charge in [0, 0.05) is 17.7 Å². The molecular weight excluding hydrogens is 306 g/mol. The summed E-state index contributed by atoms with van der Waals surface area (Å²) in [6.07, 6.45) is 3.45. The van der Waals surface area contributed by atoms with Crippen LogP contribution in [0.15, 0.2) is 50.1 Å². The summed E-state index contributed by atoms with van der Waals surface area (Å²) in [5, 5.41) is 16.7. The van der Waals surface area contributed by atoms with Gasteiger partial charge in [-0.3, -0.25) is 5.21 Å². The van der Waals surface area contributed by atoms with E-state index in [0.29, 0.717) is 5.23 Å². The molecule has 0 aliphatic heterocycles. The minimum Gasteiger partial charge on any atom is -0.478 e. The normalized spacial score (nSPS) is 8.17. The van der Waals surface area contributed by atoms with Crippen molar-refractivity contribution in [3.63, 3.8) is 0 Å². The van der Waals surface area contributed by atoms with Crippen LogP contribution < -0.4 is 0 Å². The third-order valence-corrected chi connectivity index (χ3v) is 1.49. The molecule has 130 valence electrons. The van der Waals surface area contributed by atoms with Gasteiger partial charge in [0.25, 0.3) is 0 Å².